The van der Waals surface area contributed by atoms with Crippen LogP contribution >= 0.6 is 0 Å². The van der Waals surface area contributed by atoms with E-state index in [1.165, 1.54) is 276 Å². The van der Waals surface area contributed by atoms with Crippen molar-refractivity contribution < 1.29 is 28.6 Å². The van der Waals surface area contributed by atoms with E-state index in [0.717, 1.165) is 77.0 Å². The van der Waals surface area contributed by atoms with Gasteiger partial charge in [0.25, 0.3) is 0 Å². The molecule has 0 spiro atoms. The first-order valence-corrected chi connectivity index (χ1v) is 35.5. The normalized spacial score (nSPS) is 12.2. The van der Waals surface area contributed by atoms with E-state index in [9.17, 15) is 14.4 Å². The van der Waals surface area contributed by atoms with Gasteiger partial charge in [-0.05, 0) is 57.8 Å². The van der Waals surface area contributed by atoms with Crippen LogP contribution in [-0.2, 0) is 28.6 Å². The van der Waals surface area contributed by atoms with Gasteiger partial charge >= 0.3 is 17.9 Å². The van der Waals surface area contributed by atoms with E-state index in [1.807, 2.05) is 0 Å². The summed E-state index contributed by atoms with van der Waals surface area (Å²) in [5.74, 6) is -0.854. The predicted molar refractivity (Wildman–Crippen MR) is 344 cm³/mol. The van der Waals surface area contributed by atoms with E-state index in [-0.39, 0.29) is 31.1 Å². The summed E-state index contributed by atoms with van der Waals surface area (Å²) < 4.78 is 17.0. The zero-order chi connectivity index (χ0) is 57.1. The fourth-order valence-corrected chi connectivity index (χ4v) is 10.8. The Labute approximate surface area is 493 Å². The molecule has 0 rings (SSSR count). The molecule has 0 saturated heterocycles. The van der Waals surface area contributed by atoms with Gasteiger partial charge in [0.05, 0.1) is 0 Å². The van der Waals surface area contributed by atoms with Crippen LogP contribution in [0, 0.1) is 0 Å². The second-order valence-electron chi connectivity index (χ2n) is 24.2. The molecule has 0 aromatic heterocycles. The van der Waals surface area contributed by atoms with Crippen LogP contribution in [0.3, 0.4) is 0 Å². The van der Waals surface area contributed by atoms with Gasteiger partial charge in [0, 0.05) is 19.3 Å². The number of hydrogen-bond acceptors (Lipinski definition) is 6. The standard InChI is InChI=1S/C73H136O6/c1-4-7-10-13-16-19-22-25-28-30-32-33-34-35-36-37-38-39-41-42-45-48-51-54-57-60-63-66-72(75)78-69-70(68-77-71(74)65-62-59-56-53-50-47-44-27-24-21-18-15-12-9-6-3)79-73(76)67-64-61-58-55-52-49-46-43-40-31-29-26-23-20-17-14-11-8-5-2/h17,20,26,29,40,43,70H,4-16,18-19,21-25,27-28,30-39,41-42,44-69H2,1-3H3/b20-17-,29-26-,43-40-. The van der Waals surface area contributed by atoms with Crippen molar-refractivity contribution in [2.75, 3.05) is 13.2 Å². The summed E-state index contributed by atoms with van der Waals surface area (Å²) >= 11 is 0. The minimum atomic E-state index is -0.777. The van der Waals surface area contributed by atoms with Crippen LogP contribution in [0.15, 0.2) is 36.5 Å². The van der Waals surface area contributed by atoms with Crippen LogP contribution in [0.25, 0.3) is 0 Å². The van der Waals surface area contributed by atoms with Crippen LogP contribution in [-0.4, -0.2) is 37.2 Å². The van der Waals surface area contributed by atoms with Gasteiger partial charge in [-0.1, -0.05) is 353 Å². The van der Waals surface area contributed by atoms with E-state index in [1.54, 1.807) is 0 Å². The molecule has 0 bridgehead atoms. The Morgan fingerprint density at radius 2 is 0.456 bits per heavy atom. The number of hydrogen-bond donors (Lipinski definition) is 0. The molecule has 464 valence electrons. The Morgan fingerprint density at radius 3 is 0.734 bits per heavy atom. The topological polar surface area (TPSA) is 78.9 Å². The summed E-state index contributed by atoms with van der Waals surface area (Å²) in [5.41, 5.74) is 0. The van der Waals surface area contributed by atoms with Gasteiger partial charge < -0.3 is 14.2 Å². The summed E-state index contributed by atoms with van der Waals surface area (Å²) in [4.78, 5) is 38.4. The van der Waals surface area contributed by atoms with Gasteiger partial charge in [-0.15, -0.1) is 0 Å². The number of allylic oxidation sites excluding steroid dienone is 6. The molecule has 0 N–H and O–H groups in total. The predicted octanol–water partition coefficient (Wildman–Crippen LogP) is 24.3. The maximum Gasteiger partial charge on any atom is 0.306 e. The molecule has 6 heteroatoms. The molecule has 0 aromatic rings. The van der Waals surface area contributed by atoms with Crippen LogP contribution < -0.4 is 0 Å². The highest BCUT2D eigenvalue weighted by molar-refractivity contribution is 5.71. The second-order valence-corrected chi connectivity index (χ2v) is 24.2. The molecular formula is C73H136O6. The van der Waals surface area contributed by atoms with Crippen molar-refractivity contribution in [3.05, 3.63) is 36.5 Å². The number of rotatable bonds is 66. The third-order valence-corrected chi connectivity index (χ3v) is 16.1. The summed E-state index contributed by atoms with van der Waals surface area (Å²) in [6, 6.07) is 0. The van der Waals surface area contributed by atoms with Crippen molar-refractivity contribution in [1.82, 2.24) is 0 Å². The van der Waals surface area contributed by atoms with Crippen molar-refractivity contribution in [1.29, 1.82) is 0 Å². The van der Waals surface area contributed by atoms with Crippen LogP contribution in [0.2, 0.25) is 0 Å². The zero-order valence-electron chi connectivity index (χ0n) is 53.4. The molecule has 79 heavy (non-hydrogen) atoms. The van der Waals surface area contributed by atoms with Crippen LogP contribution in [0.5, 0.6) is 0 Å². The van der Waals surface area contributed by atoms with Crippen LogP contribution in [0.4, 0.5) is 0 Å². The maximum absolute atomic E-state index is 12.9. The Bertz CT molecular complexity index is 1320. The summed E-state index contributed by atoms with van der Waals surface area (Å²) in [6.45, 7) is 6.68. The highest BCUT2D eigenvalue weighted by atomic mass is 16.6. The molecule has 1 atom stereocenters. The van der Waals surface area contributed by atoms with Crippen molar-refractivity contribution in [2.45, 2.75) is 399 Å². The fourth-order valence-electron chi connectivity index (χ4n) is 10.8. The SMILES string of the molecule is CCCCC/C=C\C/C=C\C/C=C\CCCCCCCCC(=O)OC(COC(=O)CCCCCCCCCCCCCCCCC)COC(=O)CCCCCCCCCCCCCCCCCCCCCCCCCCCCC. The second kappa shape index (κ2) is 68.1. The van der Waals surface area contributed by atoms with E-state index in [2.05, 4.69) is 57.2 Å². The zero-order valence-corrected chi connectivity index (χ0v) is 53.4. The maximum atomic E-state index is 12.9. The molecule has 0 amide bonds. The lowest BCUT2D eigenvalue weighted by atomic mass is 10.0. The van der Waals surface area contributed by atoms with Crippen molar-refractivity contribution in [3.8, 4) is 0 Å². The lowest BCUT2D eigenvalue weighted by molar-refractivity contribution is -0.167. The first-order chi connectivity index (χ1) is 39.0. The lowest BCUT2D eigenvalue weighted by Crippen LogP contribution is -2.30. The van der Waals surface area contributed by atoms with Gasteiger partial charge in [0.1, 0.15) is 13.2 Å². The molecule has 0 aliphatic heterocycles. The van der Waals surface area contributed by atoms with Gasteiger partial charge in [-0.3, -0.25) is 14.4 Å². The van der Waals surface area contributed by atoms with E-state index in [0.29, 0.717) is 19.3 Å². The molecule has 0 aliphatic carbocycles. The number of ether oxygens (including phenoxy) is 3. The third kappa shape index (κ3) is 66.3. The molecule has 6 nitrogen and oxygen atoms in total. The number of unbranched alkanes of at least 4 members (excludes halogenated alkanes) is 49. The minimum absolute atomic E-state index is 0.0718. The van der Waals surface area contributed by atoms with E-state index >= 15 is 0 Å². The molecule has 0 aliphatic rings. The van der Waals surface area contributed by atoms with Crippen molar-refractivity contribution in [2.24, 2.45) is 0 Å². The van der Waals surface area contributed by atoms with Crippen molar-refractivity contribution in [3.63, 3.8) is 0 Å². The third-order valence-electron chi connectivity index (χ3n) is 16.1. The Hall–Kier alpha value is -2.37. The number of esters is 3. The average molecular weight is 1110 g/mol. The van der Waals surface area contributed by atoms with E-state index < -0.39 is 6.10 Å². The first-order valence-electron chi connectivity index (χ1n) is 35.5. The average Bonchev–Trinajstić information content (AvgIpc) is 3.45. The Kier molecular flexibility index (Phi) is 66.1. The minimum Gasteiger partial charge on any atom is -0.462 e. The quantitative estimate of drug-likeness (QED) is 0.0261. The Balaban J connectivity index is 4.24. The first kappa shape index (κ1) is 76.6. The van der Waals surface area contributed by atoms with Gasteiger partial charge in [-0.2, -0.15) is 0 Å². The lowest BCUT2D eigenvalue weighted by Gasteiger charge is -2.18. The summed E-state index contributed by atoms with van der Waals surface area (Å²) in [6.07, 6.45) is 84.6. The Morgan fingerprint density at radius 1 is 0.253 bits per heavy atom. The van der Waals surface area contributed by atoms with Gasteiger partial charge in [0.2, 0.25) is 0 Å². The highest BCUT2D eigenvalue weighted by Crippen LogP contribution is 2.19. The molecular weight excluding hydrogens is 973 g/mol. The fraction of sp³-hybridized carbons (Fsp3) is 0.877. The highest BCUT2D eigenvalue weighted by Gasteiger charge is 2.19. The molecule has 0 aromatic carbocycles. The monoisotopic (exact) mass is 1110 g/mol. The van der Waals surface area contributed by atoms with E-state index in [4.69, 9.17) is 14.2 Å². The molecule has 0 heterocycles. The number of carbonyl (C=O) groups is 3. The molecule has 0 saturated carbocycles. The largest absolute Gasteiger partial charge is 0.462 e. The molecule has 1 unspecified atom stereocenters. The van der Waals surface area contributed by atoms with Gasteiger partial charge in [-0.25, -0.2) is 0 Å². The summed E-state index contributed by atoms with van der Waals surface area (Å²) in [7, 11) is 0. The number of carbonyl (C=O) groups excluding carboxylic acids is 3. The summed E-state index contributed by atoms with van der Waals surface area (Å²) in [5, 5.41) is 0. The van der Waals surface area contributed by atoms with Crippen LogP contribution in [0.1, 0.15) is 393 Å². The molecule has 0 fully saturated rings. The van der Waals surface area contributed by atoms with Crippen molar-refractivity contribution >= 4 is 17.9 Å². The molecule has 0 radical (unpaired) electrons. The smallest absolute Gasteiger partial charge is 0.306 e. The van der Waals surface area contributed by atoms with Gasteiger partial charge in [0.15, 0.2) is 6.10 Å².